The molecular weight excluding hydrogens is 485 g/mol. The molecule has 35 heavy (non-hydrogen) atoms. The molecule has 0 aliphatic carbocycles. The van der Waals surface area contributed by atoms with E-state index in [4.69, 9.17) is 0 Å². The zero-order valence-corrected chi connectivity index (χ0v) is 19.8. The van der Waals surface area contributed by atoms with E-state index in [2.05, 4.69) is 30.5 Å². The molecule has 0 saturated heterocycles. The fraction of sp³-hybridized carbons (Fsp3) is 0.0833. The average molecular weight is 504 g/mol. The van der Waals surface area contributed by atoms with Gasteiger partial charge < -0.3 is 5.32 Å². The maximum absolute atomic E-state index is 14.7. The Morgan fingerprint density at radius 1 is 1.06 bits per heavy atom. The van der Waals surface area contributed by atoms with Crippen LogP contribution >= 0.6 is 23.1 Å². The number of thioether (sulfide) groups is 1. The molecule has 5 aromatic rings. The van der Waals surface area contributed by atoms with Crippen molar-refractivity contribution in [2.75, 3.05) is 0 Å². The van der Waals surface area contributed by atoms with Gasteiger partial charge in [0.25, 0.3) is 5.91 Å². The number of hydrogen-bond acceptors (Lipinski definition) is 8. The van der Waals surface area contributed by atoms with Crippen molar-refractivity contribution in [3.8, 4) is 17.1 Å². The standard InChI is InChI=1S/C24H18FN7OS2/c25-18-8-1-2-9-20(18)32-22(16-6-5-10-26-12-16)30-31-24(32)35-15-21-29-19(14-34-21)23(33)28-13-17-7-3-4-11-27-17/h1-12,14H,13,15H2,(H,28,33). The van der Waals surface area contributed by atoms with Crippen LogP contribution in [0.2, 0.25) is 0 Å². The summed E-state index contributed by atoms with van der Waals surface area (Å²) >= 11 is 2.74. The molecule has 11 heteroatoms. The minimum Gasteiger partial charge on any atom is -0.345 e. The highest BCUT2D eigenvalue weighted by Gasteiger charge is 2.19. The Bertz CT molecular complexity index is 1440. The van der Waals surface area contributed by atoms with Crippen molar-refractivity contribution in [2.45, 2.75) is 17.5 Å². The lowest BCUT2D eigenvalue weighted by Gasteiger charge is -2.10. The third-order valence-corrected chi connectivity index (χ3v) is 6.88. The number of nitrogens with one attached hydrogen (secondary N) is 1. The average Bonchev–Trinajstić information content (AvgIpc) is 3.55. The maximum Gasteiger partial charge on any atom is 0.271 e. The first-order chi connectivity index (χ1) is 17.2. The molecule has 1 aromatic carbocycles. The zero-order valence-electron chi connectivity index (χ0n) is 18.2. The van der Waals surface area contributed by atoms with Gasteiger partial charge in [-0.15, -0.1) is 21.5 Å². The predicted octanol–water partition coefficient (Wildman–Crippen LogP) is 4.54. The van der Waals surface area contributed by atoms with Crippen molar-refractivity contribution in [3.05, 3.63) is 101 Å². The van der Waals surface area contributed by atoms with Crippen molar-refractivity contribution in [3.63, 3.8) is 0 Å². The SMILES string of the molecule is O=C(NCc1ccccn1)c1csc(CSc2nnc(-c3cccnc3)n2-c2ccccc2F)n1. The number of carbonyl (C=O) groups excluding carboxylic acids is 1. The molecule has 1 N–H and O–H groups in total. The van der Waals surface area contributed by atoms with Gasteiger partial charge in [-0.1, -0.05) is 30.0 Å². The monoisotopic (exact) mass is 503 g/mol. The molecule has 1 amide bonds. The molecule has 5 rings (SSSR count). The Morgan fingerprint density at radius 3 is 2.74 bits per heavy atom. The number of para-hydroxylation sites is 1. The largest absolute Gasteiger partial charge is 0.345 e. The fourth-order valence-corrected chi connectivity index (χ4v) is 5.00. The second-order valence-electron chi connectivity index (χ2n) is 7.25. The smallest absolute Gasteiger partial charge is 0.271 e. The minimum absolute atomic E-state index is 0.267. The number of aromatic nitrogens is 6. The van der Waals surface area contributed by atoms with Crippen LogP contribution in [-0.2, 0) is 12.3 Å². The first-order valence-corrected chi connectivity index (χ1v) is 12.4. The van der Waals surface area contributed by atoms with Gasteiger partial charge in [-0.25, -0.2) is 9.37 Å². The number of nitrogens with zero attached hydrogens (tertiary/aromatic N) is 6. The number of hydrogen-bond donors (Lipinski definition) is 1. The molecule has 0 aliphatic rings. The van der Waals surface area contributed by atoms with Crippen LogP contribution in [0.25, 0.3) is 17.1 Å². The van der Waals surface area contributed by atoms with Gasteiger partial charge in [0.05, 0.1) is 23.7 Å². The summed E-state index contributed by atoms with van der Waals surface area (Å²) in [6, 6.07) is 15.6. The summed E-state index contributed by atoms with van der Waals surface area (Å²) in [5, 5.41) is 14.4. The van der Waals surface area contributed by atoms with Crippen molar-refractivity contribution < 1.29 is 9.18 Å². The molecule has 0 spiro atoms. The topological polar surface area (TPSA) is 98.5 Å². The Labute approximate surface area is 208 Å². The highest BCUT2D eigenvalue weighted by Crippen LogP contribution is 2.31. The molecule has 0 saturated carbocycles. The van der Waals surface area contributed by atoms with E-state index in [-0.39, 0.29) is 11.7 Å². The molecule has 4 heterocycles. The van der Waals surface area contributed by atoms with Gasteiger partial charge in [0.1, 0.15) is 16.5 Å². The quantitative estimate of drug-likeness (QED) is 0.310. The Hall–Kier alpha value is -3.96. The van der Waals surface area contributed by atoms with E-state index < -0.39 is 0 Å². The van der Waals surface area contributed by atoms with E-state index in [0.717, 1.165) is 16.3 Å². The van der Waals surface area contributed by atoms with Gasteiger partial charge in [-0.3, -0.25) is 19.3 Å². The van der Waals surface area contributed by atoms with E-state index >= 15 is 0 Å². The molecule has 0 aliphatic heterocycles. The highest BCUT2D eigenvalue weighted by molar-refractivity contribution is 7.98. The number of carbonyl (C=O) groups is 1. The molecular formula is C24H18FN7OS2. The minimum atomic E-state index is -0.389. The number of pyridine rings is 2. The van der Waals surface area contributed by atoms with Crippen molar-refractivity contribution in [1.29, 1.82) is 0 Å². The van der Waals surface area contributed by atoms with Crippen molar-refractivity contribution in [2.24, 2.45) is 0 Å². The van der Waals surface area contributed by atoms with Crippen LogP contribution in [0.4, 0.5) is 4.39 Å². The molecule has 174 valence electrons. The molecule has 0 atom stereocenters. The van der Waals surface area contributed by atoms with Crippen LogP contribution in [0.3, 0.4) is 0 Å². The number of halogens is 1. The lowest BCUT2D eigenvalue weighted by molar-refractivity contribution is 0.0946. The van der Waals surface area contributed by atoms with Gasteiger partial charge in [-0.2, -0.15) is 0 Å². The summed E-state index contributed by atoms with van der Waals surface area (Å²) in [5.74, 6) is 0.272. The maximum atomic E-state index is 14.7. The normalized spacial score (nSPS) is 10.9. The molecule has 0 unspecified atom stereocenters. The van der Waals surface area contributed by atoms with E-state index in [1.807, 2.05) is 24.3 Å². The van der Waals surface area contributed by atoms with Crippen molar-refractivity contribution in [1.82, 2.24) is 35.0 Å². The summed E-state index contributed by atoms with van der Waals surface area (Å²) < 4.78 is 16.4. The van der Waals surface area contributed by atoms with Crippen LogP contribution in [0, 0.1) is 5.82 Å². The van der Waals surface area contributed by atoms with Crippen LogP contribution < -0.4 is 5.32 Å². The van der Waals surface area contributed by atoms with E-state index in [1.54, 1.807) is 52.8 Å². The number of rotatable bonds is 8. The Morgan fingerprint density at radius 2 is 1.94 bits per heavy atom. The molecule has 8 nitrogen and oxygen atoms in total. The first kappa shape index (κ1) is 22.8. The number of amides is 1. The summed E-state index contributed by atoms with van der Waals surface area (Å²) in [5.41, 5.74) is 2.17. The Balaban J connectivity index is 1.33. The lowest BCUT2D eigenvalue weighted by Crippen LogP contribution is -2.23. The molecule has 0 bridgehead atoms. The molecule has 0 fully saturated rings. The lowest BCUT2D eigenvalue weighted by atomic mass is 10.2. The second kappa shape index (κ2) is 10.5. The predicted molar refractivity (Wildman–Crippen MR) is 132 cm³/mol. The Kier molecular flexibility index (Phi) is 6.87. The third kappa shape index (κ3) is 5.26. The van der Waals surface area contributed by atoms with Gasteiger partial charge in [0.2, 0.25) is 0 Å². The second-order valence-corrected chi connectivity index (χ2v) is 9.14. The fourth-order valence-electron chi connectivity index (χ4n) is 3.27. The van der Waals surface area contributed by atoms with E-state index in [0.29, 0.717) is 34.7 Å². The van der Waals surface area contributed by atoms with E-state index in [9.17, 15) is 9.18 Å². The number of benzene rings is 1. The van der Waals surface area contributed by atoms with Crippen LogP contribution in [0.5, 0.6) is 0 Å². The highest BCUT2D eigenvalue weighted by atomic mass is 32.2. The van der Waals surface area contributed by atoms with Crippen LogP contribution in [0.1, 0.15) is 21.2 Å². The zero-order chi connectivity index (χ0) is 24.0. The van der Waals surface area contributed by atoms with Gasteiger partial charge in [0, 0.05) is 29.5 Å². The molecule has 0 radical (unpaired) electrons. The summed E-state index contributed by atoms with van der Waals surface area (Å²) in [7, 11) is 0. The van der Waals surface area contributed by atoms with Crippen molar-refractivity contribution >= 4 is 29.0 Å². The van der Waals surface area contributed by atoms with E-state index in [1.165, 1.54) is 29.2 Å². The first-order valence-electron chi connectivity index (χ1n) is 10.5. The summed E-state index contributed by atoms with van der Waals surface area (Å²) in [4.78, 5) is 25.3. The van der Waals surface area contributed by atoms with Gasteiger partial charge in [-0.05, 0) is 36.4 Å². The van der Waals surface area contributed by atoms with Gasteiger partial charge in [0.15, 0.2) is 11.0 Å². The van der Waals surface area contributed by atoms with Crippen LogP contribution in [0.15, 0.2) is 83.7 Å². The van der Waals surface area contributed by atoms with Crippen LogP contribution in [-0.4, -0.2) is 35.6 Å². The third-order valence-electron chi connectivity index (χ3n) is 4.91. The van der Waals surface area contributed by atoms with Gasteiger partial charge >= 0.3 is 0 Å². The molecule has 4 aromatic heterocycles. The number of thiazole rings is 1. The summed E-state index contributed by atoms with van der Waals surface area (Å²) in [6.45, 7) is 0.324. The summed E-state index contributed by atoms with van der Waals surface area (Å²) in [6.07, 6.45) is 5.00.